The van der Waals surface area contributed by atoms with Crippen LogP contribution in [0.4, 0.5) is 0 Å². The molecule has 1 unspecified atom stereocenters. The van der Waals surface area contributed by atoms with Crippen molar-refractivity contribution in [3.05, 3.63) is 35.9 Å². The van der Waals surface area contributed by atoms with E-state index in [2.05, 4.69) is 26.0 Å². The number of rotatable bonds is 16. The predicted molar refractivity (Wildman–Crippen MR) is 204 cm³/mol. The molecule has 8 atom stereocenters. The van der Waals surface area contributed by atoms with Gasteiger partial charge in [0.05, 0.1) is 24.4 Å². The molecule has 3 aliphatic rings. The highest BCUT2D eigenvalue weighted by molar-refractivity contribution is 7.88. The predicted octanol–water partition coefficient (Wildman–Crippen LogP) is 2.63. The van der Waals surface area contributed by atoms with E-state index in [-0.39, 0.29) is 24.3 Å². The topological polar surface area (TPSA) is 200 Å². The summed E-state index contributed by atoms with van der Waals surface area (Å²) < 4.78 is 25.9. The Labute approximate surface area is 320 Å². The van der Waals surface area contributed by atoms with Crippen molar-refractivity contribution in [2.75, 3.05) is 6.26 Å². The Morgan fingerprint density at radius 3 is 2.09 bits per heavy atom. The molecule has 2 saturated carbocycles. The van der Waals surface area contributed by atoms with Gasteiger partial charge in [0, 0.05) is 6.04 Å². The molecule has 300 valence electrons. The number of hydrogen-bond acceptors (Lipinski definition) is 8. The summed E-state index contributed by atoms with van der Waals surface area (Å²) in [7, 11) is -3.69. The fourth-order valence-corrected chi connectivity index (χ4v) is 9.01. The average molecular weight is 773 g/mol. The first kappa shape index (κ1) is 42.9. The summed E-state index contributed by atoms with van der Waals surface area (Å²) in [4.78, 5) is 84.3. The third kappa shape index (κ3) is 10.9. The van der Waals surface area contributed by atoms with Crippen molar-refractivity contribution in [3.63, 3.8) is 0 Å². The molecule has 2 bridgehead atoms. The quantitative estimate of drug-likeness (QED) is 0.158. The number of amides is 5. The molecule has 5 amide bonds. The third-order valence-electron chi connectivity index (χ3n) is 11.1. The van der Waals surface area contributed by atoms with Crippen molar-refractivity contribution in [1.82, 2.24) is 30.9 Å². The number of carbonyl (C=O) groups is 6. The minimum atomic E-state index is -3.69. The van der Waals surface area contributed by atoms with Crippen LogP contribution in [0.2, 0.25) is 0 Å². The second kappa shape index (κ2) is 18.2. The molecule has 15 heteroatoms. The molecule has 5 N–H and O–H groups in total. The summed E-state index contributed by atoms with van der Waals surface area (Å²) >= 11 is 0. The first-order chi connectivity index (χ1) is 25.3. The van der Waals surface area contributed by atoms with Gasteiger partial charge in [0.15, 0.2) is 0 Å². The van der Waals surface area contributed by atoms with Gasteiger partial charge >= 0.3 is 0 Å². The smallest absolute Gasteiger partial charge is 0.290 e. The van der Waals surface area contributed by atoms with Gasteiger partial charge in [-0.3, -0.25) is 28.8 Å². The van der Waals surface area contributed by atoms with Crippen molar-refractivity contribution in [2.45, 2.75) is 148 Å². The van der Waals surface area contributed by atoms with E-state index >= 15 is 0 Å². The number of nitrogens with one attached hydrogen (secondary N) is 5. The Hall–Kier alpha value is -3.85. The van der Waals surface area contributed by atoms with Crippen LogP contribution in [0.1, 0.15) is 117 Å². The van der Waals surface area contributed by atoms with Gasteiger partial charge in [-0.1, -0.05) is 83.7 Å². The van der Waals surface area contributed by atoms with Crippen molar-refractivity contribution in [3.8, 4) is 0 Å². The van der Waals surface area contributed by atoms with Crippen LogP contribution >= 0.6 is 0 Å². The maximum absolute atomic E-state index is 14.7. The van der Waals surface area contributed by atoms with Crippen LogP contribution < -0.4 is 26.0 Å². The number of piperidine rings is 1. The second-order valence-electron chi connectivity index (χ2n) is 16.5. The fourth-order valence-electron chi connectivity index (χ4n) is 8.26. The molecule has 0 aromatic heterocycles. The van der Waals surface area contributed by atoms with Gasteiger partial charge in [0.2, 0.25) is 39.4 Å². The molecule has 1 aromatic carbocycles. The first-order valence-electron chi connectivity index (χ1n) is 19.4. The molecule has 3 fully saturated rings. The molecule has 4 rings (SSSR count). The van der Waals surface area contributed by atoms with E-state index < -0.39 is 87.0 Å². The van der Waals surface area contributed by atoms with Gasteiger partial charge in [-0.2, -0.15) is 0 Å². The Balaban J connectivity index is 1.53. The minimum Gasteiger partial charge on any atom is -0.344 e. The average Bonchev–Trinajstić information content (AvgIpc) is 3.74. The van der Waals surface area contributed by atoms with Crippen LogP contribution in [0, 0.1) is 17.3 Å². The molecule has 1 heterocycles. The van der Waals surface area contributed by atoms with Gasteiger partial charge in [-0.15, -0.1) is 0 Å². The largest absolute Gasteiger partial charge is 0.344 e. The molecular weight excluding hydrogens is 713 g/mol. The van der Waals surface area contributed by atoms with Crippen molar-refractivity contribution in [1.29, 1.82) is 0 Å². The van der Waals surface area contributed by atoms with E-state index in [9.17, 15) is 37.2 Å². The van der Waals surface area contributed by atoms with E-state index in [1.165, 1.54) is 6.92 Å². The second-order valence-corrected chi connectivity index (χ2v) is 18.3. The summed E-state index contributed by atoms with van der Waals surface area (Å²) in [6.45, 7) is 10.5. The van der Waals surface area contributed by atoms with Crippen LogP contribution in [0.15, 0.2) is 30.3 Å². The number of fused-ring (bicyclic) bond motifs is 2. The number of sulfonamides is 1. The van der Waals surface area contributed by atoms with Crippen LogP contribution in [-0.2, 0) is 38.8 Å². The number of nitrogens with zero attached hydrogens (tertiary/aromatic N) is 1. The zero-order chi connectivity index (χ0) is 40.0. The summed E-state index contributed by atoms with van der Waals surface area (Å²) in [5.74, 6) is -4.08. The van der Waals surface area contributed by atoms with Gasteiger partial charge in [0.25, 0.3) is 5.91 Å². The SMILES string of the molecule is CCCC(NC(=O)[C@@H]1[C@H]2CC[C@H](C2)N1C(=O)[C@@H](NC(=O)[C@@H](NC(=O)[C@H](C)NS(C)(=O)=O)C1CCCCC1)C(C)(C)C)C(=O)C(=O)N[C@@H](C)c1ccccc1. The number of hydrogen-bond donors (Lipinski definition) is 5. The number of benzene rings is 1. The highest BCUT2D eigenvalue weighted by atomic mass is 32.2. The van der Waals surface area contributed by atoms with Crippen molar-refractivity contribution >= 4 is 45.3 Å². The van der Waals surface area contributed by atoms with Crippen LogP contribution in [0.5, 0.6) is 0 Å². The molecule has 2 aliphatic carbocycles. The highest BCUT2D eigenvalue weighted by Gasteiger charge is 2.54. The molecule has 0 spiro atoms. The highest BCUT2D eigenvalue weighted by Crippen LogP contribution is 2.44. The maximum Gasteiger partial charge on any atom is 0.290 e. The molecule has 0 radical (unpaired) electrons. The van der Waals surface area contributed by atoms with Gasteiger partial charge in [0.1, 0.15) is 18.1 Å². The molecule has 1 saturated heterocycles. The van der Waals surface area contributed by atoms with Crippen molar-refractivity contribution in [2.24, 2.45) is 17.3 Å². The number of ketones is 1. The Bertz CT molecular complexity index is 1640. The van der Waals surface area contributed by atoms with E-state index in [0.29, 0.717) is 32.1 Å². The monoisotopic (exact) mass is 772 g/mol. The lowest BCUT2D eigenvalue weighted by molar-refractivity contribution is -0.149. The van der Waals surface area contributed by atoms with E-state index in [0.717, 1.165) is 37.5 Å². The Morgan fingerprint density at radius 1 is 0.852 bits per heavy atom. The van der Waals surface area contributed by atoms with E-state index in [1.807, 2.05) is 58.0 Å². The summed E-state index contributed by atoms with van der Waals surface area (Å²) in [6, 6.07) is 3.37. The normalized spacial score (nSPS) is 23.0. The zero-order valence-corrected chi connectivity index (χ0v) is 33.6. The summed E-state index contributed by atoms with van der Waals surface area (Å²) in [5, 5.41) is 11.3. The summed E-state index contributed by atoms with van der Waals surface area (Å²) in [6.07, 6.45) is 7.81. The molecule has 1 aliphatic heterocycles. The molecular formula is C39H60N6O8S. The standard InChI is InChI=1S/C39H60N6O8S/c1-8-15-29(32(46)37(50)40-23(2)25-16-11-9-12-17-25)41-36(49)31-27-20-21-28(22-27)45(31)38(51)33(39(4,5)6)43-35(48)30(26-18-13-10-14-19-26)42-34(47)24(3)44-54(7,52)53/h9,11-12,16-17,23-24,26-31,33,44H,8,10,13-15,18-22H2,1-7H3,(H,40,50)(H,41,49)(H,42,47)(H,43,48)/t23-,24-,27-,28+,29?,30-,31-,33+/m0/s1. The number of Topliss-reactive ketones (excluding diaryl/α,β-unsaturated/α-hetero) is 1. The fraction of sp³-hybridized carbons (Fsp3) is 0.692. The first-order valence-corrected chi connectivity index (χ1v) is 21.3. The lowest BCUT2D eigenvalue weighted by Gasteiger charge is -2.41. The molecule has 54 heavy (non-hydrogen) atoms. The zero-order valence-electron chi connectivity index (χ0n) is 32.8. The third-order valence-corrected chi connectivity index (χ3v) is 11.9. The number of likely N-dealkylation sites (tertiary alicyclic amines) is 1. The van der Waals surface area contributed by atoms with Crippen LogP contribution in [0.3, 0.4) is 0 Å². The van der Waals surface area contributed by atoms with Gasteiger partial charge in [-0.05, 0) is 75.2 Å². The number of carbonyl (C=O) groups excluding carboxylic acids is 6. The maximum atomic E-state index is 14.7. The van der Waals surface area contributed by atoms with E-state index in [1.54, 1.807) is 11.8 Å². The van der Waals surface area contributed by atoms with Crippen molar-refractivity contribution < 1.29 is 37.2 Å². The van der Waals surface area contributed by atoms with E-state index in [4.69, 9.17) is 0 Å². The lowest BCUT2D eigenvalue weighted by Crippen LogP contribution is -2.64. The molecule has 14 nitrogen and oxygen atoms in total. The van der Waals surface area contributed by atoms with Gasteiger partial charge < -0.3 is 26.2 Å². The van der Waals surface area contributed by atoms with Gasteiger partial charge in [-0.25, -0.2) is 13.1 Å². The summed E-state index contributed by atoms with van der Waals surface area (Å²) in [5.41, 5.74) is 0.0214. The minimum absolute atomic E-state index is 0.155. The Kier molecular flexibility index (Phi) is 14.4. The van der Waals surface area contributed by atoms with Crippen LogP contribution in [0.25, 0.3) is 0 Å². The Morgan fingerprint density at radius 2 is 1.50 bits per heavy atom. The molecule has 1 aromatic rings. The van der Waals surface area contributed by atoms with Crippen LogP contribution in [-0.4, -0.2) is 91.1 Å². The lowest BCUT2D eigenvalue weighted by atomic mass is 9.81.